The predicted octanol–water partition coefficient (Wildman–Crippen LogP) is 4.01. The SMILES string of the molecule is C=C[C@]1(O)CC[C@@H]2[C@@H]3C[C@@H]4O[C@@]45C[C@H](OC(C)=O)CC[C@]5(C)[C@@H]3CC[C@]21C. The lowest BCUT2D eigenvalue weighted by Crippen LogP contribution is -2.60. The Kier molecular flexibility index (Phi) is 3.62. The number of esters is 1. The van der Waals surface area contributed by atoms with Crippen LogP contribution in [0.15, 0.2) is 12.7 Å². The van der Waals surface area contributed by atoms with Crippen molar-refractivity contribution in [2.45, 2.75) is 95.5 Å². The summed E-state index contributed by atoms with van der Waals surface area (Å²) in [7, 11) is 0. The van der Waals surface area contributed by atoms with Gasteiger partial charge in [0.1, 0.15) is 11.7 Å². The van der Waals surface area contributed by atoms with Crippen LogP contribution in [0.4, 0.5) is 0 Å². The quantitative estimate of drug-likeness (QED) is 0.451. The van der Waals surface area contributed by atoms with E-state index in [1.54, 1.807) is 0 Å². The third-order valence-corrected chi connectivity index (χ3v) is 9.93. The number of rotatable bonds is 2. The van der Waals surface area contributed by atoms with Crippen LogP contribution in [0.25, 0.3) is 0 Å². The van der Waals surface area contributed by atoms with Crippen LogP contribution in [0.2, 0.25) is 0 Å². The lowest BCUT2D eigenvalue weighted by Gasteiger charge is -2.60. The Morgan fingerprint density at radius 3 is 2.52 bits per heavy atom. The second-order valence-corrected chi connectivity index (χ2v) is 10.6. The first-order chi connectivity index (χ1) is 12.7. The first-order valence-corrected chi connectivity index (χ1v) is 10.9. The molecule has 0 unspecified atom stereocenters. The molecule has 5 rings (SSSR count). The Labute approximate surface area is 162 Å². The van der Waals surface area contributed by atoms with E-state index in [9.17, 15) is 9.90 Å². The van der Waals surface area contributed by atoms with Crippen LogP contribution in [-0.2, 0) is 14.3 Å². The van der Waals surface area contributed by atoms with E-state index in [0.29, 0.717) is 23.9 Å². The molecule has 0 aromatic carbocycles. The van der Waals surface area contributed by atoms with E-state index in [1.807, 2.05) is 6.08 Å². The second kappa shape index (κ2) is 5.38. The Morgan fingerprint density at radius 2 is 1.81 bits per heavy atom. The van der Waals surface area contributed by atoms with Crippen molar-refractivity contribution in [3.8, 4) is 0 Å². The molecule has 1 saturated heterocycles. The zero-order valence-electron chi connectivity index (χ0n) is 17.0. The smallest absolute Gasteiger partial charge is 0.302 e. The van der Waals surface area contributed by atoms with E-state index in [0.717, 1.165) is 44.9 Å². The van der Waals surface area contributed by atoms with Crippen molar-refractivity contribution in [3.05, 3.63) is 12.7 Å². The molecule has 150 valence electrons. The molecule has 0 radical (unpaired) electrons. The third-order valence-electron chi connectivity index (χ3n) is 9.93. The fourth-order valence-corrected chi connectivity index (χ4v) is 8.36. The maximum Gasteiger partial charge on any atom is 0.302 e. The molecule has 5 aliphatic rings. The average molecular weight is 375 g/mol. The highest BCUT2D eigenvalue weighted by Gasteiger charge is 2.77. The topological polar surface area (TPSA) is 59.1 Å². The first kappa shape index (κ1) is 18.2. The largest absolute Gasteiger partial charge is 0.462 e. The number of hydrogen-bond donors (Lipinski definition) is 1. The highest BCUT2D eigenvalue weighted by molar-refractivity contribution is 5.66. The average Bonchev–Trinajstić information content (AvgIpc) is 3.24. The lowest BCUT2D eigenvalue weighted by molar-refractivity contribution is -0.160. The monoisotopic (exact) mass is 374 g/mol. The molecule has 0 aromatic rings. The summed E-state index contributed by atoms with van der Waals surface area (Å²) in [4.78, 5) is 11.5. The fraction of sp³-hybridized carbons (Fsp3) is 0.870. The minimum absolute atomic E-state index is 0.0170. The van der Waals surface area contributed by atoms with Crippen molar-refractivity contribution >= 4 is 5.97 Å². The molecule has 1 spiro atoms. The summed E-state index contributed by atoms with van der Waals surface area (Å²) in [6.45, 7) is 10.2. The minimum Gasteiger partial charge on any atom is -0.462 e. The van der Waals surface area contributed by atoms with Crippen molar-refractivity contribution < 1.29 is 19.4 Å². The van der Waals surface area contributed by atoms with Crippen LogP contribution in [0.1, 0.15) is 72.1 Å². The number of carbonyl (C=O) groups excluding carboxylic acids is 1. The minimum atomic E-state index is -0.713. The summed E-state index contributed by atoms with van der Waals surface area (Å²) in [6, 6.07) is 0. The summed E-state index contributed by atoms with van der Waals surface area (Å²) in [5.74, 6) is 1.67. The number of hydrogen-bond acceptors (Lipinski definition) is 4. The molecule has 0 amide bonds. The zero-order valence-corrected chi connectivity index (χ0v) is 17.0. The molecule has 0 aromatic heterocycles. The molecule has 4 aliphatic carbocycles. The Bertz CT molecular complexity index is 690. The molecular weight excluding hydrogens is 340 g/mol. The molecule has 4 saturated carbocycles. The van der Waals surface area contributed by atoms with Crippen molar-refractivity contribution in [1.29, 1.82) is 0 Å². The molecule has 1 aliphatic heterocycles. The molecular formula is C23H34O4. The van der Waals surface area contributed by atoms with Gasteiger partial charge in [-0.2, -0.15) is 0 Å². The van der Waals surface area contributed by atoms with Crippen LogP contribution in [0, 0.1) is 28.6 Å². The van der Waals surface area contributed by atoms with Gasteiger partial charge in [0, 0.05) is 24.2 Å². The van der Waals surface area contributed by atoms with Gasteiger partial charge in [-0.25, -0.2) is 0 Å². The van der Waals surface area contributed by atoms with Gasteiger partial charge >= 0.3 is 5.97 Å². The van der Waals surface area contributed by atoms with Crippen LogP contribution in [-0.4, -0.2) is 34.5 Å². The molecule has 1 heterocycles. The van der Waals surface area contributed by atoms with Gasteiger partial charge in [-0.3, -0.25) is 4.79 Å². The van der Waals surface area contributed by atoms with Gasteiger partial charge in [0.2, 0.25) is 0 Å². The maximum absolute atomic E-state index is 11.5. The number of aliphatic hydroxyl groups is 1. The summed E-state index contributed by atoms with van der Waals surface area (Å²) in [5.41, 5.74) is -0.660. The van der Waals surface area contributed by atoms with Crippen molar-refractivity contribution in [2.75, 3.05) is 0 Å². The predicted molar refractivity (Wildman–Crippen MR) is 102 cm³/mol. The summed E-state index contributed by atoms with van der Waals surface area (Å²) >= 11 is 0. The normalized spacial score (nSPS) is 58.3. The van der Waals surface area contributed by atoms with Crippen molar-refractivity contribution in [1.82, 2.24) is 0 Å². The van der Waals surface area contributed by atoms with E-state index in [-0.39, 0.29) is 28.5 Å². The number of epoxide rings is 1. The van der Waals surface area contributed by atoms with Crippen LogP contribution >= 0.6 is 0 Å². The van der Waals surface area contributed by atoms with Gasteiger partial charge in [0.25, 0.3) is 0 Å². The molecule has 4 heteroatoms. The Hall–Kier alpha value is -0.870. The van der Waals surface area contributed by atoms with E-state index in [4.69, 9.17) is 9.47 Å². The zero-order chi connectivity index (χ0) is 19.2. The summed E-state index contributed by atoms with van der Waals surface area (Å²) in [6.07, 6.45) is 10.4. The van der Waals surface area contributed by atoms with E-state index in [1.165, 1.54) is 13.3 Å². The summed E-state index contributed by atoms with van der Waals surface area (Å²) in [5, 5.41) is 11.2. The van der Waals surface area contributed by atoms with Crippen molar-refractivity contribution in [2.24, 2.45) is 28.6 Å². The van der Waals surface area contributed by atoms with E-state index < -0.39 is 5.60 Å². The maximum atomic E-state index is 11.5. The van der Waals surface area contributed by atoms with Gasteiger partial charge in [-0.05, 0) is 62.7 Å². The van der Waals surface area contributed by atoms with E-state index in [2.05, 4.69) is 20.4 Å². The molecule has 4 nitrogen and oxygen atoms in total. The second-order valence-electron chi connectivity index (χ2n) is 10.6. The standard InChI is InChI=1S/C23H34O4/c1-5-22(25)11-8-17-16-12-19-23(27-19)13-15(26-14(2)24)6-9-21(23,4)18(16)7-10-20(17,22)3/h5,15-19,25H,1,6-13H2,2-4H3/t15-,16+,17-,18-,19+,20-,21-,22+,23+/m1/s1. The highest BCUT2D eigenvalue weighted by Crippen LogP contribution is 2.74. The fourth-order valence-electron chi connectivity index (χ4n) is 8.36. The molecule has 27 heavy (non-hydrogen) atoms. The van der Waals surface area contributed by atoms with Gasteiger partial charge in [-0.15, -0.1) is 6.58 Å². The number of carbonyl (C=O) groups is 1. The molecule has 9 atom stereocenters. The van der Waals surface area contributed by atoms with Gasteiger partial charge in [-0.1, -0.05) is 19.9 Å². The molecule has 0 bridgehead atoms. The van der Waals surface area contributed by atoms with Crippen LogP contribution in [0.3, 0.4) is 0 Å². The van der Waals surface area contributed by atoms with E-state index >= 15 is 0 Å². The third kappa shape index (κ3) is 2.09. The van der Waals surface area contributed by atoms with Gasteiger partial charge < -0.3 is 14.6 Å². The first-order valence-electron chi connectivity index (χ1n) is 10.9. The van der Waals surface area contributed by atoms with Crippen LogP contribution in [0.5, 0.6) is 0 Å². The Morgan fingerprint density at radius 1 is 1.15 bits per heavy atom. The Balaban J connectivity index is 1.44. The van der Waals surface area contributed by atoms with Gasteiger partial charge in [0.05, 0.1) is 11.7 Å². The van der Waals surface area contributed by atoms with Crippen molar-refractivity contribution in [3.63, 3.8) is 0 Å². The number of ether oxygens (including phenoxy) is 2. The summed E-state index contributed by atoms with van der Waals surface area (Å²) < 4.78 is 12.0. The lowest BCUT2D eigenvalue weighted by atomic mass is 9.44. The van der Waals surface area contributed by atoms with Crippen LogP contribution < -0.4 is 0 Å². The van der Waals surface area contributed by atoms with Gasteiger partial charge in [0.15, 0.2) is 0 Å². The molecule has 5 fully saturated rings. The highest BCUT2D eigenvalue weighted by atomic mass is 16.6. The molecule has 1 N–H and O–H groups in total. The number of fused-ring (bicyclic) bond motifs is 4.